The molecular weight excluding hydrogens is 246 g/mol. The highest BCUT2D eigenvalue weighted by Gasteiger charge is 2.25. The summed E-state index contributed by atoms with van der Waals surface area (Å²) in [5, 5.41) is 3.57. The number of anilines is 1. The predicted octanol–water partition coefficient (Wildman–Crippen LogP) is 3.45. The van der Waals surface area contributed by atoms with Gasteiger partial charge in [-0.3, -0.25) is 0 Å². The van der Waals surface area contributed by atoms with Gasteiger partial charge in [-0.25, -0.2) is 4.98 Å². The molecule has 0 saturated carbocycles. The molecule has 1 fully saturated rings. The first-order chi connectivity index (χ1) is 9.37. The van der Waals surface area contributed by atoms with E-state index in [9.17, 15) is 0 Å². The molecule has 3 heteroatoms. The number of aromatic nitrogens is 1. The molecule has 2 heterocycles. The molecular formula is C17H29N3. The van der Waals surface area contributed by atoms with Crippen LogP contribution >= 0.6 is 0 Å². The van der Waals surface area contributed by atoms with E-state index in [4.69, 9.17) is 0 Å². The molecule has 0 radical (unpaired) electrons. The number of nitrogens with one attached hydrogen (secondary N) is 1. The fraction of sp³-hybridized carbons (Fsp3) is 0.706. The summed E-state index contributed by atoms with van der Waals surface area (Å²) in [6, 6.07) is 4.24. The highest BCUT2D eigenvalue weighted by Crippen LogP contribution is 2.27. The van der Waals surface area contributed by atoms with Crippen LogP contribution in [0, 0.1) is 11.8 Å². The Morgan fingerprint density at radius 3 is 2.70 bits per heavy atom. The van der Waals surface area contributed by atoms with Crippen molar-refractivity contribution in [2.75, 3.05) is 18.0 Å². The van der Waals surface area contributed by atoms with Gasteiger partial charge in [-0.05, 0) is 45.1 Å². The van der Waals surface area contributed by atoms with Gasteiger partial charge in [0.15, 0.2) is 0 Å². The maximum absolute atomic E-state index is 4.65. The van der Waals surface area contributed by atoms with Gasteiger partial charge in [-0.1, -0.05) is 19.9 Å². The van der Waals surface area contributed by atoms with Crippen molar-refractivity contribution < 1.29 is 0 Å². The fourth-order valence-electron chi connectivity index (χ4n) is 2.67. The van der Waals surface area contributed by atoms with Crippen LogP contribution < -0.4 is 10.2 Å². The second-order valence-corrected chi connectivity index (χ2v) is 7.28. The van der Waals surface area contributed by atoms with Gasteiger partial charge in [0.1, 0.15) is 5.82 Å². The number of nitrogens with zero attached hydrogens (tertiary/aromatic N) is 2. The van der Waals surface area contributed by atoms with Crippen molar-refractivity contribution in [2.45, 2.75) is 53.1 Å². The molecule has 0 aliphatic carbocycles. The van der Waals surface area contributed by atoms with Crippen molar-refractivity contribution >= 4 is 5.82 Å². The summed E-state index contributed by atoms with van der Waals surface area (Å²) < 4.78 is 0. The molecule has 1 aromatic rings. The topological polar surface area (TPSA) is 28.2 Å². The lowest BCUT2D eigenvalue weighted by Gasteiger charge is -2.37. The zero-order valence-electron chi connectivity index (χ0n) is 13.6. The van der Waals surface area contributed by atoms with Crippen LogP contribution in [0.2, 0.25) is 0 Å². The first-order valence-electron chi connectivity index (χ1n) is 7.80. The molecule has 20 heavy (non-hydrogen) atoms. The largest absolute Gasteiger partial charge is 0.356 e. The Labute approximate surface area is 123 Å². The average molecular weight is 275 g/mol. The van der Waals surface area contributed by atoms with Crippen LogP contribution in [-0.2, 0) is 6.54 Å². The maximum Gasteiger partial charge on any atom is 0.133 e. The third kappa shape index (κ3) is 3.95. The SMILES string of the molecule is CC1CCN(c2ncccc2CNC(C)(C)C)CC1C. The molecule has 2 rings (SSSR count). The smallest absolute Gasteiger partial charge is 0.133 e. The van der Waals surface area contributed by atoms with Gasteiger partial charge in [0, 0.05) is 36.9 Å². The highest BCUT2D eigenvalue weighted by molar-refractivity contribution is 5.47. The van der Waals surface area contributed by atoms with Crippen LogP contribution in [0.1, 0.15) is 46.6 Å². The van der Waals surface area contributed by atoms with Crippen molar-refractivity contribution in [2.24, 2.45) is 11.8 Å². The molecule has 0 aromatic carbocycles. The molecule has 0 amide bonds. The van der Waals surface area contributed by atoms with Gasteiger partial charge in [0.2, 0.25) is 0 Å². The zero-order chi connectivity index (χ0) is 14.8. The summed E-state index contributed by atoms with van der Waals surface area (Å²) in [7, 11) is 0. The Hall–Kier alpha value is -1.09. The van der Waals surface area contributed by atoms with Gasteiger partial charge in [0.25, 0.3) is 0 Å². The summed E-state index contributed by atoms with van der Waals surface area (Å²) in [4.78, 5) is 7.11. The predicted molar refractivity (Wildman–Crippen MR) is 86.0 cm³/mol. The van der Waals surface area contributed by atoms with E-state index in [0.717, 1.165) is 31.5 Å². The van der Waals surface area contributed by atoms with Gasteiger partial charge < -0.3 is 10.2 Å². The Bertz CT molecular complexity index is 436. The first-order valence-corrected chi connectivity index (χ1v) is 7.80. The van der Waals surface area contributed by atoms with Gasteiger partial charge in [0.05, 0.1) is 0 Å². The van der Waals surface area contributed by atoms with E-state index in [2.05, 4.69) is 55.9 Å². The Balaban J connectivity index is 2.11. The van der Waals surface area contributed by atoms with Crippen molar-refractivity contribution in [1.82, 2.24) is 10.3 Å². The van der Waals surface area contributed by atoms with Crippen LogP contribution in [0.25, 0.3) is 0 Å². The molecule has 1 N–H and O–H groups in total. The Morgan fingerprint density at radius 2 is 2.05 bits per heavy atom. The minimum atomic E-state index is 0.136. The van der Waals surface area contributed by atoms with Gasteiger partial charge >= 0.3 is 0 Å². The number of hydrogen-bond donors (Lipinski definition) is 1. The van der Waals surface area contributed by atoms with Crippen molar-refractivity contribution in [3.8, 4) is 0 Å². The second kappa shape index (κ2) is 6.13. The monoisotopic (exact) mass is 275 g/mol. The summed E-state index contributed by atoms with van der Waals surface area (Å²) in [6.07, 6.45) is 3.18. The van der Waals surface area contributed by atoms with E-state index >= 15 is 0 Å². The number of pyridine rings is 1. The quantitative estimate of drug-likeness (QED) is 0.916. The third-order valence-corrected chi connectivity index (χ3v) is 4.31. The van der Waals surface area contributed by atoms with E-state index in [0.29, 0.717) is 0 Å². The standard InChI is InChI=1S/C17H29N3/c1-13-8-10-20(12-14(13)2)16-15(7-6-9-18-16)11-19-17(3,4)5/h6-7,9,13-14,19H,8,10-12H2,1-5H3. The van der Waals surface area contributed by atoms with Gasteiger partial charge in [-0.2, -0.15) is 0 Å². The van der Waals surface area contributed by atoms with Crippen LogP contribution in [-0.4, -0.2) is 23.6 Å². The van der Waals surface area contributed by atoms with E-state index in [-0.39, 0.29) is 5.54 Å². The van der Waals surface area contributed by atoms with Crippen LogP contribution in [0.3, 0.4) is 0 Å². The first kappa shape index (κ1) is 15.3. The lowest BCUT2D eigenvalue weighted by atomic mass is 9.88. The number of hydrogen-bond acceptors (Lipinski definition) is 3. The molecule has 1 saturated heterocycles. The minimum absolute atomic E-state index is 0.136. The molecule has 2 unspecified atom stereocenters. The number of rotatable bonds is 3. The van der Waals surface area contributed by atoms with E-state index in [1.54, 1.807) is 0 Å². The van der Waals surface area contributed by atoms with Crippen molar-refractivity contribution in [3.05, 3.63) is 23.9 Å². The van der Waals surface area contributed by atoms with Crippen LogP contribution in [0.5, 0.6) is 0 Å². The van der Waals surface area contributed by atoms with Crippen LogP contribution in [0.4, 0.5) is 5.82 Å². The lowest BCUT2D eigenvalue weighted by molar-refractivity contribution is 0.322. The molecule has 2 atom stereocenters. The Kier molecular flexibility index (Phi) is 4.69. The maximum atomic E-state index is 4.65. The van der Waals surface area contributed by atoms with Gasteiger partial charge in [-0.15, -0.1) is 0 Å². The summed E-state index contributed by atoms with van der Waals surface area (Å²) in [5.41, 5.74) is 1.45. The molecule has 112 valence electrons. The molecule has 1 aliphatic rings. The van der Waals surface area contributed by atoms with E-state index in [1.807, 2.05) is 12.3 Å². The average Bonchev–Trinajstić information content (AvgIpc) is 2.39. The highest BCUT2D eigenvalue weighted by atomic mass is 15.2. The summed E-state index contributed by atoms with van der Waals surface area (Å²) >= 11 is 0. The second-order valence-electron chi connectivity index (χ2n) is 7.28. The molecule has 3 nitrogen and oxygen atoms in total. The fourth-order valence-corrected chi connectivity index (χ4v) is 2.67. The summed E-state index contributed by atoms with van der Waals surface area (Å²) in [6.45, 7) is 14.5. The van der Waals surface area contributed by atoms with E-state index < -0.39 is 0 Å². The normalized spacial score (nSPS) is 23.9. The zero-order valence-corrected chi connectivity index (χ0v) is 13.6. The minimum Gasteiger partial charge on any atom is -0.356 e. The van der Waals surface area contributed by atoms with Crippen molar-refractivity contribution in [3.63, 3.8) is 0 Å². The van der Waals surface area contributed by atoms with Crippen molar-refractivity contribution in [1.29, 1.82) is 0 Å². The molecule has 1 aromatic heterocycles. The Morgan fingerprint density at radius 1 is 1.30 bits per heavy atom. The van der Waals surface area contributed by atoms with E-state index in [1.165, 1.54) is 17.8 Å². The molecule has 1 aliphatic heterocycles. The molecule has 0 spiro atoms. The summed E-state index contributed by atoms with van der Waals surface area (Å²) in [5.74, 6) is 2.74. The third-order valence-electron chi connectivity index (χ3n) is 4.31. The van der Waals surface area contributed by atoms with Crippen LogP contribution in [0.15, 0.2) is 18.3 Å². The lowest BCUT2D eigenvalue weighted by Crippen LogP contribution is -2.40. The number of piperidine rings is 1. The molecule has 0 bridgehead atoms.